The van der Waals surface area contributed by atoms with Crippen molar-refractivity contribution in [3.05, 3.63) is 28.5 Å². The molecule has 0 aromatic heterocycles. The molecule has 0 aliphatic carbocycles. The Bertz CT molecular complexity index is 273. The van der Waals surface area contributed by atoms with Crippen molar-refractivity contribution < 1.29 is 4.39 Å². The van der Waals surface area contributed by atoms with Crippen LogP contribution in [0, 0.1) is 12.7 Å². The maximum atomic E-state index is 12.9. The molecule has 0 heterocycles. The lowest BCUT2D eigenvalue weighted by Crippen LogP contribution is -1.93. The SMILES string of the molecule is CNc1cc(C)c(Cl)cc1F. The fourth-order valence-electron chi connectivity index (χ4n) is 0.849. The van der Waals surface area contributed by atoms with Gasteiger partial charge >= 0.3 is 0 Å². The van der Waals surface area contributed by atoms with E-state index in [-0.39, 0.29) is 5.82 Å². The Morgan fingerprint density at radius 3 is 2.64 bits per heavy atom. The molecule has 60 valence electrons. The van der Waals surface area contributed by atoms with Crippen LogP contribution in [0.3, 0.4) is 0 Å². The summed E-state index contributed by atoms with van der Waals surface area (Å²) < 4.78 is 12.9. The average molecular weight is 174 g/mol. The van der Waals surface area contributed by atoms with Gasteiger partial charge in [-0.05, 0) is 24.6 Å². The standard InChI is InChI=1S/C8H9ClFN/c1-5-3-8(11-2)7(10)4-6(5)9/h3-4,11H,1-2H3. The van der Waals surface area contributed by atoms with Crippen molar-refractivity contribution in [2.45, 2.75) is 6.92 Å². The van der Waals surface area contributed by atoms with Crippen molar-refractivity contribution in [1.29, 1.82) is 0 Å². The smallest absolute Gasteiger partial charge is 0.147 e. The normalized spacial score (nSPS) is 9.82. The highest BCUT2D eigenvalue weighted by atomic mass is 35.5. The summed E-state index contributed by atoms with van der Waals surface area (Å²) in [5.41, 5.74) is 1.35. The van der Waals surface area contributed by atoms with E-state index >= 15 is 0 Å². The Morgan fingerprint density at radius 1 is 1.45 bits per heavy atom. The van der Waals surface area contributed by atoms with Crippen molar-refractivity contribution in [2.24, 2.45) is 0 Å². The van der Waals surface area contributed by atoms with E-state index in [9.17, 15) is 4.39 Å². The van der Waals surface area contributed by atoms with Gasteiger partial charge < -0.3 is 5.32 Å². The molecule has 0 spiro atoms. The lowest BCUT2D eigenvalue weighted by molar-refractivity contribution is 0.631. The van der Waals surface area contributed by atoms with Crippen LogP contribution >= 0.6 is 11.6 Å². The van der Waals surface area contributed by atoms with Crippen LogP contribution in [0.1, 0.15) is 5.56 Å². The van der Waals surface area contributed by atoms with E-state index in [4.69, 9.17) is 11.6 Å². The number of nitrogens with one attached hydrogen (secondary N) is 1. The van der Waals surface area contributed by atoms with E-state index in [1.807, 2.05) is 6.92 Å². The fraction of sp³-hybridized carbons (Fsp3) is 0.250. The molecule has 11 heavy (non-hydrogen) atoms. The first-order valence-corrected chi connectivity index (χ1v) is 3.66. The topological polar surface area (TPSA) is 12.0 Å². The number of anilines is 1. The molecule has 0 aliphatic rings. The second-order valence-corrected chi connectivity index (χ2v) is 2.74. The lowest BCUT2D eigenvalue weighted by Gasteiger charge is -2.04. The molecular weight excluding hydrogens is 165 g/mol. The van der Waals surface area contributed by atoms with Gasteiger partial charge in [-0.3, -0.25) is 0 Å². The summed E-state index contributed by atoms with van der Waals surface area (Å²) >= 11 is 5.68. The van der Waals surface area contributed by atoms with Gasteiger partial charge in [-0.15, -0.1) is 0 Å². The summed E-state index contributed by atoms with van der Waals surface area (Å²) in [5.74, 6) is -0.317. The first-order chi connectivity index (χ1) is 5.15. The summed E-state index contributed by atoms with van der Waals surface area (Å²) in [7, 11) is 1.67. The molecule has 0 fully saturated rings. The zero-order valence-corrected chi connectivity index (χ0v) is 7.17. The van der Waals surface area contributed by atoms with Crippen molar-refractivity contribution in [2.75, 3.05) is 12.4 Å². The summed E-state index contributed by atoms with van der Waals surface area (Å²) in [4.78, 5) is 0. The first kappa shape index (κ1) is 8.34. The highest BCUT2D eigenvalue weighted by molar-refractivity contribution is 6.31. The number of aryl methyl sites for hydroxylation is 1. The zero-order chi connectivity index (χ0) is 8.43. The Kier molecular flexibility index (Phi) is 2.35. The molecule has 0 aliphatic heterocycles. The number of benzene rings is 1. The second-order valence-electron chi connectivity index (χ2n) is 2.33. The van der Waals surface area contributed by atoms with E-state index in [1.165, 1.54) is 6.07 Å². The minimum atomic E-state index is -0.317. The van der Waals surface area contributed by atoms with Gasteiger partial charge in [-0.2, -0.15) is 0 Å². The van der Waals surface area contributed by atoms with Crippen molar-refractivity contribution in [3.63, 3.8) is 0 Å². The van der Waals surface area contributed by atoms with E-state index in [2.05, 4.69) is 5.32 Å². The van der Waals surface area contributed by atoms with Gasteiger partial charge in [-0.25, -0.2) is 4.39 Å². The molecule has 0 saturated heterocycles. The van der Waals surface area contributed by atoms with Gasteiger partial charge in [0.15, 0.2) is 0 Å². The third-order valence-corrected chi connectivity index (χ3v) is 1.92. The number of rotatable bonds is 1. The Hall–Kier alpha value is -0.760. The Balaban J connectivity index is 3.21. The molecule has 1 N–H and O–H groups in total. The Morgan fingerprint density at radius 2 is 2.09 bits per heavy atom. The van der Waals surface area contributed by atoms with Crippen LogP contribution < -0.4 is 5.32 Å². The molecule has 0 saturated carbocycles. The first-order valence-electron chi connectivity index (χ1n) is 3.28. The molecule has 0 amide bonds. The molecule has 1 aromatic rings. The van der Waals surface area contributed by atoms with Crippen molar-refractivity contribution >= 4 is 17.3 Å². The number of halogens is 2. The third-order valence-electron chi connectivity index (χ3n) is 1.52. The quantitative estimate of drug-likeness (QED) is 0.689. The van der Waals surface area contributed by atoms with E-state index in [0.717, 1.165) is 5.56 Å². The van der Waals surface area contributed by atoms with Crippen LogP contribution in [-0.4, -0.2) is 7.05 Å². The van der Waals surface area contributed by atoms with Gasteiger partial charge in [0.1, 0.15) is 5.82 Å². The second kappa shape index (κ2) is 3.09. The third kappa shape index (κ3) is 1.63. The van der Waals surface area contributed by atoms with Gasteiger partial charge in [0.05, 0.1) is 5.69 Å². The van der Waals surface area contributed by atoms with Gasteiger partial charge in [-0.1, -0.05) is 11.6 Å². The molecule has 0 unspecified atom stereocenters. The van der Waals surface area contributed by atoms with Crippen LogP contribution in [0.4, 0.5) is 10.1 Å². The van der Waals surface area contributed by atoms with Gasteiger partial charge in [0, 0.05) is 12.1 Å². The average Bonchev–Trinajstić information content (AvgIpc) is 1.97. The summed E-state index contributed by atoms with van der Waals surface area (Å²) in [6, 6.07) is 2.99. The Labute approximate surface area is 70.2 Å². The zero-order valence-electron chi connectivity index (χ0n) is 6.41. The van der Waals surface area contributed by atoms with Crippen molar-refractivity contribution in [3.8, 4) is 0 Å². The monoisotopic (exact) mass is 173 g/mol. The number of hydrogen-bond acceptors (Lipinski definition) is 1. The molecule has 3 heteroatoms. The molecule has 0 bridgehead atoms. The molecule has 0 atom stereocenters. The maximum absolute atomic E-state index is 12.9. The van der Waals surface area contributed by atoms with E-state index in [1.54, 1.807) is 13.1 Å². The van der Waals surface area contributed by atoms with Gasteiger partial charge in [0.25, 0.3) is 0 Å². The molecular formula is C8H9ClFN. The predicted molar refractivity (Wildman–Crippen MR) is 45.7 cm³/mol. The van der Waals surface area contributed by atoms with Crippen LogP contribution in [0.15, 0.2) is 12.1 Å². The molecule has 1 rings (SSSR count). The van der Waals surface area contributed by atoms with E-state index < -0.39 is 0 Å². The maximum Gasteiger partial charge on any atom is 0.147 e. The van der Waals surface area contributed by atoms with Crippen LogP contribution in [-0.2, 0) is 0 Å². The lowest BCUT2D eigenvalue weighted by atomic mass is 10.2. The minimum absolute atomic E-state index is 0.317. The summed E-state index contributed by atoms with van der Waals surface area (Å²) in [6.07, 6.45) is 0. The summed E-state index contributed by atoms with van der Waals surface area (Å²) in [6.45, 7) is 1.84. The summed E-state index contributed by atoms with van der Waals surface area (Å²) in [5, 5.41) is 3.19. The molecule has 1 aromatic carbocycles. The highest BCUT2D eigenvalue weighted by Gasteiger charge is 2.02. The fourth-order valence-corrected chi connectivity index (χ4v) is 0.999. The highest BCUT2D eigenvalue weighted by Crippen LogP contribution is 2.22. The molecule has 1 nitrogen and oxygen atoms in total. The van der Waals surface area contributed by atoms with Crippen LogP contribution in [0.25, 0.3) is 0 Å². The van der Waals surface area contributed by atoms with Crippen LogP contribution in [0.5, 0.6) is 0 Å². The van der Waals surface area contributed by atoms with Crippen molar-refractivity contribution in [1.82, 2.24) is 0 Å². The largest absolute Gasteiger partial charge is 0.386 e. The van der Waals surface area contributed by atoms with Gasteiger partial charge in [0.2, 0.25) is 0 Å². The predicted octanol–water partition coefficient (Wildman–Crippen LogP) is 2.83. The molecule has 0 radical (unpaired) electrons. The minimum Gasteiger partial charge on any atom is -0.386 e. The number of hydrogen-bond donors (Lipinski definition) is 1. The van der Waals surface area contributed by atoms with Crippen LogP contribution in [0.2, 0.25) is 5.02 Å². The van der Waals surface area contributed by atoms with E-state index in [0.29, 0.717) is 10.7 Å².